The van der Waals surface area contributed by atoms with Crippen LogP contribution in [0, 0.1) is 11.6 Å². The lowest BCUT2D eigenvalue weighted by molar-refractivity contribution is 0.211. The Morgan fingerprint density at radius 2 is 2.12 bits per heavy atom. The molecule has 1 N–H and O–H groups in total. The summed E-state index contributed by atoms with van der Waals surface area (Å²) in [6.07, 6.45) is 0.343. The van der Waals surface area contributed by atoms with Crippen LogP contribution in [-0.4, -0.2) is 31.1 Å². The van der Waals surface area contributed by atoms with Gasteiger partial charge in [-0.05, 0) is 25.0 Å². The standard InChI is InChI=1S/C12H16F2N2O/c1-3-16(2)12(17)15-7-6-9-4-5-10(13)8-11(9)14/h4-5,8H,3,6-7H2,1-2H3,(H,15,17). The van der Waals surface area contributed by atoms with Crippen molar-refractivity contribution in [2.24, 2.45) is 0 Å². The third-order valence-electron chi connectivity index (χ3n) is 2.51. The lowest BCUT2D eigenvalue weighted by atomic mass is 10.1. The molecule has 94 valence electrons. The van der Waals surface area contributed by atoms with Gasteiger partial charge in [-0.1, -0.05) is 6.07 Å². The highest BCUT2D eigenvalue weighted by Gasteiger charge is 2.07. The fourth-order valence-electron chi connectivity index (χ4n) is 1.31. The van der Waals surface area contributed by atoms with Gasteiger partial charge in [-0.15, -0.1) is 0 Å². The third kappa shape index (κ3) is 4.01. The number of rotatable bonds is 4. The molecule has 1 aromatic carbocycles. The summed E-state index contributed by atoms with van der Waals surface area (Å²) < 4.78 is 25.9. The summed E-state index contributed by atoms with van der Waals surface area (Å²) >= 11 is 0. The first-order valence-electron chi connectivity index (χ1n) is 5.47. The molecule has 0 spiro atoms. The summed E-state index contributed by atoms with van der Waals surface area (Å²) in [5.41, 5.74) is 0.394. The first kappa shape index (κ1) is 13.4. The van der Waals surface area contributed by atoms with Gasteiger partial charge in [0, 0.05) is 26.2 Å². The summed E-state index contributed by atoms with van der Waals surface area (Å²) in [7, 11) is 1.67. The number of hydrogen-bond donors (Lipinski definition) is 1. The summed E-state index contributed by atoms with van der Waals surface area (Å²) in [6.45, 7) is 2.79. The largest absolute Gasteiger partial charge is 0.338 e. The Hall–Kier alpha value is -1.65. The van der Waals surface area contributed by atoms with Crippen molar-refractivity contribution in [1.29, 1.82) is 0 Å². The highest BCUT2D eigenvalue weighted by molar-refractivity contribution is 5.73. The summed E-state index contributed by atoms with van der Waals surface area (Å²) in [5.74, 6) is -1.18. The zero-order valence-electron chi connectivity index (χ0n) is 9.96. The average Bonchev–Trinajstić information content (AvgIpc) is 2.30. The number of hydrogen-bond acceptors (Lipinski definition) is 1. The van der Waals surface area contributed by atoms with Gasteiger partial charge in [0.15, 0.2) is 0 Å². The van der Waals surface area contributed by atoms with Crippen molar-refractivity contribution in [3.63, 3.8) is 0 Å². The van der Waals surface area contributed by atoms with Crippen molar-refractivity contribution in [3.8, 4) is 0 Å². The lowest BCUT2D eigenvalue weighted by Gasteiger charge is -2.15. The Bertz CT molecular complexity index is 396. The highest BCUT2D eigenvalue weighted by atomic mass is 19.1. The van der Waals surface area contributed by atoms with Crippen LogP contribution in [0.4, 0.5) is 13.6 Å². The molecule has 1 rings (SSSR count). The van der Waals surface area contributed by atoms with Crippen molar-refractivity contribution in [2.75, 3.05) is 20.1 Å². The van der Waals surface area contributed by atoms with E-state index in [4.69, 9.17) is 0 Å². The van der Waals surface area contributed by atoms with Crippen LogP contribution in [0.15, 0.2) is 18.2 Å². The van der Waals surface area contributed by atoms with Crippen molar-refractivity contribution in [3.05, 3.63) is 35.4 Å². The predicted octanol–water partition coefficient (Wildman–Crippen LogP) is 2.17. The first-order valence-corrected chi connectivity index (χ1v) is 5.47. The van der Waals surface area contributed by atoms with E-state index in [0.717, 1.165) is 6.07 Å². The van der Waals surface area contributed by atoms with Crippen LogP contribution >= 0.6 is 0 Å². The molecular weight excluding hydrogens is 226 g/mol. The molecule has 0 fully saturated rings. The Balaban J connectivity index is 2.43. The molecule has 0 aliphatic rings. The number of nitrogens with one attached hydrogen (secondary N) is 1. The Kier molecular flexibility index (Phi) is 4.87. The Labute approximate surface area is 99.4 Å². The van der Waals surface area contributed by atoms with Crippen LogP contribution in [0.25, 0.3) is 0 Å². The van der Waals surface area contributed by atoms with Gasteiger partial charge in [0.25, 0.3) is 0 Å². The normalized spacial score (nSPS) is 10.1. The second-order valence-electron chi connectivity index (χ2n) is 3.73. The molecule has 3 nitrogen and oxygen atoms in total. The zero-order valence-corrected chi connectivity index (χ0v) is 9.96. The maximum atomic E-state index is 13.2. The van der Waals surface area contributed by atoms with Crippen molar-refractivity contribution in [1.82, 2.24) is 10.2 Å². The lowest BCUT2D eigenvalue weighted by Crippen LogP contribution is -2.38. The van der Waals surface area contributed by atoms with Crippen LogP contribution in [0.2, 0.25) is 0 Å². The quantitative estimate of drug-likeness (QED) is 0.862. The van der Waals surface area contributed by atoms with Gasteiger partial charge in [0.2, 0.25) is 0 Å². The van der Waals surface area contributed by atoms with E-state index in [0.29, 0.717) is 25.1 Å². The molecule has 0 aliphatic heterocycles. The van der Waals surface area contributed by atoms with E-state index >= 15 is 0 Å². The van der Waals surface area contributed by atoms with Gasteiger partial charge in [-0.25, -0.2) is 13.6 Å². The molecule has 0 radical (unpaired) electrons. The third-order valence-corrected chi connectivity index (χ3v) is 2.51. The highest BCUT2D eigenvalue weighted by Crippen LogP contribution is 2.09. The van der Waals surface area contributed by atoms with E-state index in [1.807, 2.05) is 6.92 Å². The number of nitrogens with zero attached hydrogens (tertiary/aromatic N) is 1. The topological polar surface area (TPSA) is 32.3 Å². The number of amides is 2. The molecular formula is C12H16F2N2O. The molecule has 0 bridgehead atoms. The number of halogens is 2. The van der Waals surface area contributed by atoms with Crippen LogP contribution in [0.3, 0.4) is 0 Å². The molecule has 1 aromatic rings. The van der Waals surface area contributed by atoms with E-state index in [2.05, 4.69) is 5.32 Å². The molecule has 0 atom stereocenters. The Morgan fingerprint density at radius 3 is 2.71 bits per heavy atom. The van der Waals surface area contributed by atoms with E-state index in [1.54, 1.807) is 7.05 Å². The molecule has 0 heterocycles. The van der Waals surface area contributed by atoms with Gasteiger partial charge in [0.1, 0.15) is 11.6 Å². The minimum absolute atomic E-state index is 0.199. The van der Waals surface area contributed by atoms with Crippen molar-refractivity contribution < 1.29 is 13.6 Å². The molecule has 2 amide bonds. The number of carbonyl (C=O) groups is 1. The van der Waals surface area contributed by atoms with Gasteiger partial charge in [0.05, 0.1) is 0 Å². The van der Waals surface area contributed by atoms with E-state index in [1.165, 1.54) is 17.0 Å². The second-order valence-corrected chi connectivity index (χ2v) is 3.73. The zero-order chi connectivity index (χ0) is 12.8. The number of carbonyl (C=O) groups excluding carboxylic acids is 1. The van der Waals surface area contributed by atoms with Gasteiger partial charge >= 0.3 is 6.03 Å². The Morgan fingerprint density at radius 1 is 1.41 bits per heavy atom. The smallest absolute Gasteiger partial charge is 0.317 e. The summed E-state index contributed by atoms with van der Waals surface area (Å²) in [6, 6.07) is 3.24. The monoisotopic (exact) mass is 242 g/mol. The second kappa shape index (κ2) is 6.18. The van der Waals surface area contributed by atoms with Crippen LogP contribution in [-0.2, 0) is 6.42 Å². The summed E-state index contributed by atoms with van der Waals surface area (Å²) in [5, 5.41) is 2.65. The van der Waals surface area contributed by atoms with Gasteiger partial charge in [-0.2, -0.15) is 0 Å². The maximum Gasteiger partial charge on any atom is 0.317 e. The molecule has 5 heteroatoms. The maximum absolute atomic E-state index is 13.2. The summed E-state index contributed by atoms with van der Waals surface area (Å²) in [4.78, 5) is 12.9. The SMILES string of the molecule is CCN(C)C(=O)NCCc1ccc(F)cc1F. The van der Waals surface area contributed by atoms with Crippen LogP contribution in [0.5, 0.6) is 0 Å². The average molecular weight is 242 g/mol. The fourth-order valence-corrected chi connectivity index (χ4v) is 1.31. The van der Waals surface area contributed by atoms with Crippen LogP contribution < -0.4 is 5.32 Å². The van der Waals surface area contributed by atoms with Crippen molar-refractivity contribution >= 4 is 6.03 Å². The molecule has 0 aromatic heterocycles. The minimum atomic E-state index is -0.596. The molecule has 0 aliphatic carbocycles. The van der Waals surface area contributed by atoms with Crippen LogP contribution in [0.1, 0.15) is 12.5 Å². The fraction of sp³-hybridized carbons (Fsp3) is 0.417. The van der Waals surface area contributed by atoms with Crippen molar-refractivity contribution in [2.45, 2.75) is 13.3 Å². The van der Waals surface area contributed by atoms with Gasteiger partial charge < -0.3 is 10.2 Å². The number of urea groups is 1. The molecule has 17 heavy (non-hydrogen) atoms. The molecule has 0 saturated carbocycles. The van der Waals surface area contributed by atoms with E-state index in [-0.39, 0.29) is 6.03 Å². The minimum Gasteiger partial charge on any atom is -0.338 e. The van der Waals surface area contributed by atoms with E-state index < -0.39 is 11.6 Å². The molecule has 0 unspecified atom stereocenters. The van der Waals surface area contributed by atoms with Gasteiger partial charge in [-0.3, -0.25) is 0 Å². The molecule has 0 saturated heterocycles. The first-order chi connectivity index (χ1) is 8.04. The number of benzene rings is 1. The predicted molar refractivity (Wildman–Crippen MR) is 61.8 cm³/mol. The van der Waals surface area contributed by atoms with E-state index in [9.17, 15) is 13.6 Å².